The van der Waals surface area contributed by atoms with Gasteiger partial charge in [-0.25, -0.2) is 0 Å². The van der Waals surface area contributed by atoms with Crippen LogP contribution in [-0.4, -0.2) is 33.1 Å². The number of benzene rings is 2. The molecule has 0 aliphatic carbocycles. The maximum Gasteiger partial charge on any atom is 0.316 e. The predicted molar refractivity (Wildman–Crippen MR) is 104 cm³/mol. The van der Waals surface area contributed by atoms with Crippen LogP contribution in [0.15, 0.2) is 59.8 Å². The summed E-state index contributed by atoms with van der Waals surface area (Å²) in [5, 5.41) is 9.13. The molecule has 0 bridgehead atoms. The molecule has 1 heterocycles. The first-order chi connectivity index (χ1) is 13.2. The average Bonchev–Trinajstić information content (AvgIpc) is 3.10. The minimum Gasteiger partial charge on any atom is -0.486 e. The lowest BCUT2D eigenvalue weighted by Crippen LogP contribution is -2.09. The Kier molecular flexibility index (Phi) is 6.49. The summed E-state index contributed by atoms with van der Waals surface area (Å²) < 4.78 is 12.8. The summed E-state index contributed by atoms with van der Waals surface area (Å²) in [5.74, 6) is 1.33. The van der Waals surface area contributed by atoms with Gasteiger partial charge in [0, 0.05) is 5.69 Å². The first kappa shape index (κ1) is 19.0. The van der Waals surface area contributed by atoms with E-state index in [1.54, 1.807) is 6.92 Å². The third kappa shape index (κ3) is 5.10. The van der Waals surface area contributed by atoms with Gasteiger partial charge in [0.2, 0.25) is 0 Å². The van der Waals surface area contributed by atoms with E-state index in [2.05, 4.69) is 10.2 Å². The molecule has 3 rings (SSSR count). The highest BCUT2D eigenvalue weighted by molar-refractivity contribution is 7.99. The number of rotatable bonds is 8. The van der Waals surface area contributed by atoms with E-state index < -0.39 is 0 Å². The van der Waals surface area contributed by atoms with Gasteiger partial charge in [0.25, 0.3) is 0 Å². The molecule has 3 aromatic rings. The van der Waals surface area contributed by atoms with Gasteiger partial charge < -0.3 is 9.47 Å². The SMILES string of the molecule is CCOC(=O)CSc1nnc(COc2ccc(C)cc2)n1-c1ccccc1. The molecule has 0 saturated heterocycles. The van der Waals surface area contributed by atoms with Gasteiger partial charge in [-0.3, -0.25) is 9.36 Å². The largest absolute Gasteiger partial charge is 0.486 e. The first-order valence-electron chi connectivity index (χ1n) is 8.65. The number of aromatic nitrogens is 3. The summed E-state index contributed by atoms with van der Waals surface area (Å²) >= 11 is 1.29. The molecule has 0 unspecified atom stereocenters. The Labute approximate surface area is 162 Å². The van der Waals surface area contributed by atoms with Crippen molar-refractivity contribution in [3.05, 3.63) is 66.0 Å². The van der Waals surface area contributed by atoms with Gasteiger partial charge in [0.15, 0.2) is 11.0 Å². The molecule has 0 aliphatic rings. The van der Waals surface area contributed by atoms with Crippen molar-refractivity contribution in [3.8, 4) is 11.4 Å². The van der Waals surface area contributed by atoms with Gasteiger partial charge in [-0.15, -0.1) is 10.2 Å². The lowest BCUT2D eigenvalue weighted by Gasteiger charge is -2.11. The van der Waals surface area contributed by atoms with Crippen LogP contribution in [0.2, 0.25) is 0 Å². The zero-order valence-corrected chi connectivity index (χ0v) is 16.1. The number of thioether (sulfide) groups is 1. The Balaban J connectivity index is 1.80. The molecule has 6 nitrogen and oxygen atoms in total. The maximum atomic E-state index is 11.7. The summed E-state index contributed by atoms with van der Waals surface area (Å²) in [5.41, 5.74) is 2.09. The van der Waals surface area contributed by atoms with Gasteiger partial charge in [-0.2, -0.15) is 0 Å². The van der Waals surface area contributed by atoms with Crippen LogP contribution in [0.25, 0.3) is 5.69 Å². The van der Waals surface area contributed by atoms with Gasteiger partial charge in [-0.1, -0.05) is 47.7 Å². The highest BCUT2D eigenvalue weighted by Gasteiger charge is 2.16. The second kappa shape index (κ2) is 9.23. The number of nitrogens with zero attached hydrogens (tertiary/aromatic N) is 3. The van der Waals surface area contributed by atoms with Crippen LogP contribution in [0.3, 0.4) is 0 Å². The standard InChI is InChI=1S/C20H21N3O3S/c1-3-25-19(24)14-27-20-22-21-18(23(20)16-7-5-4-6-8-16)13-26-17-11-9-15(2)10-12-17/h4-12H,3,13-14H2,1-2H3. The van der Waals surface area contributed by atoms with Crippen molar-refractivity contribution in [2.24, 2.45) is 0 Å². The number of hydrogen-bond donors (Lipinski definition) is 0. The van der Waals surface area contributed by atoms with Crippen molar-refractivity contribution in [3.63, 3.8) is 0 Å². The maximum absolute atomic E-state index is 11.7. The Hall–Kier alpha value is -2.80. The second-order valence-corrected chi connectivity index (χ2v) is 6.71. The van der Waals surface area contributed by atoms with Crippen molar-refractivity contribution in [1.82, 2.24) is 14.8 Å². The van der Waals surface area contributed by atoms with Crippen LogP contribution in [0, 0.1) is 6.92 Å². The molecule has 0 saturated carbocycles. The van der Waals surface area contributed by atoms with Crippen molar-refractivity contribution in [2.75, 3.05) is 12.4 Å². The van der Waals surface area contributed by atoms with Crippen LogP contribution >= 0.6 is 11.8 Å². The summed E-state index contributed by atoms with van der Waals surface area (Å²) in [6, 6.07) is 17.6. The zero-order valence-electron chi connectivity index (χ0n) is 15.3. The molecular weight excluding hydrogens is 362 g/mol. The molecule has 7 heteroatoms. The molecule has 27 heavy (non-hydrogen) atoms. The third-order valence-electron chi connectivity index (χ3n) is 3.73. The molecule has 0 N–H and O–H groups in total. The van der Waals surface area contributed by atoms with Gasteiger partial charge in [0.05, 0.1) is 12.4 Å². The molecule has 0 atom stereocenters. The Morgan fingerprint density at radius 3 is 2.52 bits per heavy atom. The van der Waals surface area contributed by atoms with Crippen molar-refractivity contribution in [1.29, 1.82) is 0 Å². The van der Waals surface area contributed by atoms with E-state index in [0.717, 1.165) is 11.4 Å². The highest BCUT2D eigenvalue weighted by Crippen LogP contribution is 2.23. The fourth-order valence-electron chi connectivity index (χ4n) is 2.43. The Bertz CT molecular complexity index is 879. The summed E-state index contributed by atoms with van der Waals surface area (Å²) in [4.78, 5) is 11.7. The molecule has 2 aromatic carbocycles. The summed E-state index contributed by atoms with van der Waals surface area (Å²) in [7, 11) is 0. The molecule has 0 spiro atoms. The number of para-hydroxylation sites is 1. The quantitative estimate of drug-likeness (QED) is 0.435. The van der Waals surface area contributed by atoms with E-state index in [-0.39, 0.29) is 18.3 Å². The number of hydrogen-bond acceptors (Lipinski definition) is 6. The number of carbonyl (C=O) groups is 1. The monoisotopic (exact) mass is 383 g/mol. The molecule has 140 valence electrons. The van der Waals surface area contributed by atoms with E-state index in [1.807, 2.05) is 66.1 Å². The van der Waals surface area contributed by atoms with Crippen LogP contribution < -0.4 is 4.74 Å². The third-order valence-corrected chi connectivity index (χ3v) is 4.63. The number of esters is 1. The lowest BCUT2D eigenvalue weighted by atomic mass is 10.2. The minimum absolute atomic E-state index is 0.178. The summed E-state index contributed by atoms with van der Waals surface area (Å²) in [6.07, 6.45) is 0. The van der Waals surface area contributed by atoms with Crippen molar-refractivity contribution < 1.29 is 14.3 Å². The highest BCUT2D eigenvalue weighted by atomic mass is 32.2. The van der Waals surface area contributed by atoms with Gasteiger partial charge >= 0.3 is 5.97 Å². The van der Waals surface area contributed by atoms with Crippen LogP contribution in [0.5, 0.6) is 5.75 Å². The number of ether oxygens (including phenoxy) is 2. The molecule has 0 amide bonds. The Morgan fingerprint density at radius 1 is 1.07 bits per heavy atom. The first-order valence-corrected chi connectivity index (χ1v) is 9.63. The fourth-order valence-corrected chi connectivity index (χ4v) is 3.20. The normalized spacial score (nSPS) is 10.6. The van der Waals surface area contributed by atoms with Crippen LogP contribution in [0.1, 0.15) is 18.3 Å². The second-order valence-electron chi connectivity index (χ2n) is 5.77. The topological polar surface area (TPSA) is 66.2 Å². The van der Waals surface area contributed by atoms with Crippen LogP contribution in [-0.2, 0) is 16.1 Å². The number of aryl methyl sites for hydroxylation is 1. The van der Waals surface area contributed by atoms with E-state index >= 15 is 0 Å². The lowest BCUT2D eigenvalue weighted by molar-refractivity contribution is -0.139. The molecular formula is C20H21N3O3S. The molecule has 0 fully saturated rings. The van der Waals surface area contributed by atoms with Crippen LogP contribution in [0.4, 0.5) is 0 Å². The number of carbonyl (C=O) groups excluding carboxylic acids is 1. The van der Waals surface area contributed by atoms with Gasteiger partial charge in [-0.05, 0) is 38.1 Å². The zero-order chi connectivity index (χ0) is 19.1. The fraction of sp³-hybridized carbons (Fsp3) is 0.250. The molecule has 0 aliphatic heterocycles. The molecule has 0 radical (unpaired) electrons. The predicted octanol–water partition coefficient (Wildman–Crippen LogP) is 3.81. The van der Waals surface area contributed by atoms with Crippen molar-refractivity contribution >= 4 is 17.7 Å². The smallest absolute Gasteiger partial charge is 0.316 e. The average molecular weight is 383 g/mol. The van der Waals surface area contributed by atoms with E-state index in [4.69, 9.17) is 9.47 Å². The van der Waals surface area contributed by atoms with E-state index in [9.17, 15) is 4.79 Å². The van der Waals surface area contributed by atoms with E-state index in [1.165, 1.54) is 17.3 Å². The molecule has 1 aromatic heterocycles. The van der Waals surface area contributed by atoms with Gasteiger partial charge in [0.1, 0.15) is 12.4 Å². The summed E-state index contributed by atoms with van der Waals surface area (Å²) in [6.45, 7) is 4.45. The van der Waals surface area contributed by atoms with E-state index in [0.29, 0.717) is 17.6 Å². The minimum atomic E-state index is -0.275. The van der Waals surface area contributed by atoms with Crippen molar-refractivity contribution in [2.45, 2.75) is 25.6 Å². The Morgan fingerprint density at radius 2 is 1.81 bits per heavy atom.